The molecule has 0 aliphatic carbocycles. The number of hydrogen-bond acceptors (Lipinski definition) is 3. The molecule has 0 bridgehead atoms. The van der Waals surface area contributed by atoms with Crippen LogP contribution in [0.5, 0.6) is 0 Å². The van der Waals surface area contributed by atoms with Crippen LogP contribution in [0.2, 0.25) is 0 Å². The smallest absolute Gasteiger partial charge is 0.404 e. The van der Waals surface area contributed by atoms with E-state index in [-0.39, 0.29) is 12.0 Å². The number of amides is 2. The molecule has 1 fully saturated rings. The van der Waals surface area contributed by atoms with Crippen LogP contribution < -0.4 is 5.73 Å². The van der Waals surface area contributed by atoms with E-state index in [1.54, 1.807) is 17.1 Å². The van der Waals surface area contributed by atoms with Crippen molar-refractivity contribution in [2.45, 2.75) is 18.9 Å². The van der Waals surface area contributed by atoms with Crippen molar-refractivity contribution in [2.24, 2.45) is 5.73 Å². The van der Waals surface area contributed by atoms with E-state index in [9.17, 15) is 9.59 Å². The monoisotopic (exact) mass is 290 g/mol. The predicted molar refractivity (Wildman–Crippen MR) is 63.2 cm³/mol. The Morgan fingerprint density at radius 3 is 2.56 bits per heavy atom. The van der Waals surface area contributed by atoms with Crippen molar-refractivity contribution in [3.63, 3.8) is 0 Å². The Balaban J connectivity index is 2.34. The summed E-state index contributed by atoms with van der Waals surface area (Å²) in [6, 6.07) is 0. The highest BCUT2D eigenvalue weighted by Crippen LogP contribution is 2.13. The molecule has 0 atom stereocenters. The Labute approximate surface area is 103 Å². The number of carbonyl (C=O) groups is 2. The van der Waals surface area contributed by atoms with Gasteiger partial charge >= 0.3 is 6.09 Å². The largest absolute Gasteiger partial charge is 0.446 e. The van der Waals surface area contributed by atoms with Crippen molar-refractivity contribution in [2.75, 3.05) is 18.4 Å². The van der Waals surface area contributed by atoms with Gasteiger partial charge in [0.05, 0.1) is 0 Å². The van der Waals surface area contributed by atoms with Crippen molar-refractivity contribution in [1.29, 1.82) is 0 Å². The van der Waals surface area contributed by atoms with Gasteiger partial charge < -0.3 is 15.4 Å². The number of primary amides is 1. The van der Waals surface area contributed by atoms with Crippen LogP contribution >= 0.6 is 15.9 Å². The molecule has 1 saturated heterocycles. The standard InChI is InChI=1S/C10H15BrN2O3/c11-5-1-2-9(14)13-6-3-8(4-7-13)16-10(12)15/h1-2,8H,3-7H2,(H2,12,15). The summed E-state index contributed by atoms with van der Waals surface area (Å²) in [5, 5.41) is 0.667. The average Bonchev–Trinajstić information content (AvgIpc) is 2.26. The summed E-state index contributed by atoms with van der Waals surface area (Å²) in [5.41, 5.74) is 4.93. The molecule has 1 rings (SSSR count). The van der Waals surface area contributed by atoms with Crippen molar-refractivity contribution in [1.82, 2.24) is 4.90 Å². The van der Waals surface area contributed by atoms with Crippen molar-refractivity contribution < 1.29 is 14.3 Å². The number of likely N-dealkylation sites (tertiary alicyclic amines) is 1. The molecule has 0 radical (unpaired) electrons. The summed E-state index contributed by atoms with van der Waals surface area (Å²) in [4.78, 5) is 23.8. The van der Waals surface area contributed by atoms with E-state index in [1.165, 1.54) is 0 Å². The fourth-order valence-corrected chi connectivity index (χ4v) is 1.80. The van der Waals surface area contributed by atoms with Crippen LogP contribution in [-0.2, 0) is 9.53 Å². The number of piperidine rings is 1. The molecule has 1 heterocycles. The van der Waals surface area contributed by atoms with Gasteiger partial charge in [0.25, 0.3) is 0 Å². The molecule has 90 valence electrons. The Bertz CT molecular complexity index is 286. The van der Waals surface area contributed by atoms with Gasteiger partial charge in [0.1, 0.15) is 6.10 Å². The van der Waals surface area contributed by atoms with Crippen LogP contribution in [0.3, 0.4) is 0 Å². The van der Waals surface area contributed by atoms with Gasteiger partial charge in [-0.3, -0.25) is 4.79 Å². The van der Waals surface area contributed by atoms with Crippen molar-refractivity contribution >= 4 is 27.9 Å². The molecule has 6 heteroatoms. The fraction of sp³-hybridized carbons (Fsp3) is 0.600. The topological polar surface area (TPSA) is 72.6 Å². The Hall–Kier alpha value is -1.04. The number of allylic oxidation sites excluding steroid dienone is 1. The van der Waals surface area contributed by atoms with Gasteiger partial charge in [-0.2, -0.15) is 0 Å². The molecule has 1 aliphatic heterocycles. The Morgan fingerprint density at radius 2 is 2.06 bits per heavy atom. The number of carbonyl (C=O) groups excluding carboxylic acids is 2. The number of nitrogens with zero attached hydrogens (tertiary/aromatic N) is 1. The highest BCUT2D eigenvalue weighted by molar-refractivity contribution is 9.09. The molecule has 0 aromatic carbocycles. The first kappa shape index (κ1) is 13.0. The van der Waals surface area contributed by atoms with Crippen LogP contribution in [0.4, 0.5) is 4.79 Å². The van der Waals surface area contributed by atoms with E-state index >= 15 is 0 Å². The molecule has 0 unspecified atom stereocenters. The molecule has 0 saturated carbocycles. The lowest BCUT2D eigenvalue weighted by Gasteiger charge is -2.30. The minimum Gasteiger partial charge on any atom is -0.446 e. The molecular weight excluding hydrogens is 276 g/mol. The molecule has 0 spiro atoms. The third-order valence-electron chi connectivity index (χ3n) is 2.39. The number of nitrogens with two attached hydrogens (primary N) is 1. The first-order valence-corrected chi connectivity index (χ1v) is 6.23. The van der Waals surface area contributed by atoms with Crippen LogP contribution in [0.15, 0.2) is 12.2 Å². The number of ether oxygens (including phenoxy) is 1. The van der Waals surface area contributed by atoms with Crippen LogP contribution in [0, 0.1) is 0 Å². The first-order chi connectivity index (χ1) is 7.63. The summed E-state index contributed by atoms with van der Waals surface area (Å²) in [7, 11) is 0. The summed E-state index contributed by atoms with van der Waals surface area (Å²) < 4.78 is 4.88. The van der Waals surface area contributed by atoms with Crippen LogP contribution in [0.1, 0.15) is 12.8 Å². The number of rotatable bonds is 3. The zero-order chi connectivity index (χ0) is 12.0. The predicted octanol–water partition coefficient (Wildman–Crippen LogP) is 1.02. The van der Waals surface area contributed by atoms with Crippen LogP contribution in [-0.4, -0.2) is 41.4 Å². The summed E-state index contributed by atoms with van der Waals surface area (Å²) in [6.45, 7) is 1.20. The van der Waals surface area contributed by atoms with E-state index in [2.05, 4.69) is 15.9 Å². The van der Waals surface area contributed by atoms with Crippen LogP contribution in [0.25, 0.3) is 0 Å². The molecule has 2 N–H and O–H groups in total. The molecule has 2 amide bonds. The maximum absolute atomic E-state index is 11.6. The second-order valence-electron chi connectivity index (χ2n) is 3.52. The third kappa shape index (κ3) is 4.22. The van der Waals surface area contributed by atoms with E-state index in [0.717, 1.165) is 0 Å². The normalized spacial score (nSPS) is 17.7. The number of alkyl halides is 1. The highest BCUT2D eigenvalue weighted by Gasteiger charge is 2.23. The molecule has 16 heavy (non-hydrogen) atoms. The summed E-state index contributed by atoms with van der Waals surface area (Å²) in [5.74, 6) is -0.00280. The zero-order valence-corrected chi connectivity index (χ0v) is 10.5. The molecule has 0 aromatic rings. The van der Waals surface area contributed by atoms with Gasteiger partial charge in [-0.05, 0) is 6.08 Å². The molecule has 0 aromatic heterocycles. The number of halogens is 1. The highest BCUT2D eigenvalue weighted by atomic mass is 79.9. The lowest BCUT2D eigenvalue weighted by molar-refractivity contribution is -0.127. The minimum atomic E-state index is -0.746. The molecular formula is C10H15BrN2O3. The minimum absolute atomic E-state index is 0.00280. The second kappa shape index (κ2) is 6.52. The van der Waals surface area contributed by atoms with E-state index < -0.39 is 6.09 Å². The Morgan fingerprint density at radius 1 is 1.44 bits per heavy atom. The number of hydrogen-bond donors (Lipinski definition) is 1. The average molecular weight is 291 g/mol. The zero-order valence-electron chi connectivity index (χ0n) is 8.89. The Kier molecular flexibility index (Phi) is 5.31. The summed E-state index contributed by atoms with van der Waals surface area (Å²) in [6.07, 6.45) is 3.71. The van der Waals surface area contributed by atoms with Gasteiger partial charge in [0.2, 0.25) is 5.91 Å². The molecule has 5 nitrogen and oxygen atoms in total. The van der Waals surface area contributed by atoms with Gasteiger partial charge in [0.15, 0.2) is 0 Å². The quantitative estimate of drug-likeness (QED) is 0.623. The maximum Gasteiger partial charge on any atom is 0.404 e. The van der Waals surface area contributed by atoms with Crippen molar-refractivity contribution in [3.05, 3.63) is 12.2 Å². The van der Waals surface area contributed by atoms with E-state index in [4.69, 9.17) is 10.5 Å². The van der Waals surface area contributed by atoms with Gasteiger partial charge in [-0.25, -0.2) is 4.79 Å². The fourth-order valence-electron chi connectivity index (χ4n) is 1.61. The van der Waals surface area contributed by atoms with E-state index in [1.807, 2.05) is 0 Å². The van der Waals surface area contributed by atoms with E-state index in [0.29, 0.717) is 31.3 Å². The lowest BCUT2D eigenvalue weighted by Crippen LogP contribution is -2.41. The van der Waals surface area contributed by atoms with Gasteiger partial charge in [0, 0.05) is 31.3 Å². The first-order valence-electron chi connectivity index (χ1n) is 5.11. The third-order valence-corrected chi connectivity index (χ3v) is 2.76. The lowest BCUT2D eigenvalue weighted by atomic mass is 10.1. The maximum atomic E-state index is 11.6. The molecule has 1 aliphatic rings. The van der Waals surface area contributed by atoms with Gasteiger partial charge in [-0.15, -0.1) is 0 Å². The van der Waals surface area contributed by atoms with Gasteiger partial charge in [-0.1, -0.05) is 22.0 Å². The van der Waals surface area contributed by atoms with Crippen molar-refractivity contribution in [3.8, 4) is 0 Å². The SMILES string of the molecule is NC(=O)OC1CCN(C(=O)C=CCBr)CC1. The second-order valence-corrected chi connectivity index (χ2v) is 4.17. The summed E-state index contributed by atoms with van der Waals surface area (Å²) >= 11 is 3.21.